The molecule has 0 aliphatic rings. The number of amides is 2. The summed E-state index contributed by atoms with van der Waals surface area (Å²) in [6.07, 6.45) is 2.86. The maximum Gasteiger partial charge on any atom is 0.248 e. The van der Waals surface area contributed by atoms with Gasteiger partial charge in [-0.1, -0.05) is 36.4 Å². The van der Waals surface area contributed by atoms with Crippen molar-refractivity contribution in [3.05, 3.63) is 72.8 Å². The first-order chi connectivity index (χ1) is 13.4. The smallest absolute Gasteiger partial charge is 0.248 e. The Bertz CT molecular complexity index is 899. The lowest BCUT2D eigenvalue weighted by Gasteiger charge is -2.14. The van der Waals surface area contributed by atoms with E-state index in [-0.39, 0.29) is 0 Å². The number of benzene rings is 2. The lowest BCUT2D eigenvalue weighted by molar-refractivity contribution is -0.298. The van der Waals surface area contributed by atoms with Crippen molar-refractivity contribution in [2.75, 3.05) is 10.6 Å². The number of para-hydroxylation sites is 2. The molecule has 28 heavy (non-hydrogen) atoms. The van der Waals surface area contributed by atoms with Crippen molar-refractivity contribution in [3.8, 4) is 11.1 Å². The Labute approximate surface area is 159 Å². The topological polar surface area (TPSA) is 138 Å². The number of nitrogens with one attached hydrogen (secondary N) is 2. The van der Waals surface area contributed by atoms with Crippen molar-refractivity contribution in [2.24, 2.45) is 0 Å². The highest BCUT2D eigenvalue weighted by atomic mass is 16.4. The van der Waals surface area contributed by atoms with Crippen LogP contribution in [0.2, 0.25) is 0 Å². The van der Waals surface area contributed by atoms with Gasteiger partial charge in [-0.25, -0.2) is 0 Å². The molecule has 0 bridgehead atoms. The summed E-state index contributed by atoms with van der Waals surface area (Å²) in [5, 5.41) is 26.0. The first-order valence-electron chi connectivity index (χ1n) is 7.95. The molecule has 0 saturated heterocycles. The zero-order valence-electron chi connectivity index (χ0n) is 14.4. The lowest BCUT2D eigenvalue weighted by atomic mass is 10.0. The summed E-state index contributed by atoms with van der Waals surface area (Å²) < 4.78 is 0. The van der Waals surface area contributed by atoms with E-state index in [9.17, 15) is 29.4 Å². The predicted octanol–water partition coefficient (Wildman–Crippen LogP) is -0.157. The molecule has 2 N–H and O–H groups in total. The van der Waals surface area contributed by atoms with E-state index in [1.54, 1.807) is 48.5 Å². The van der Waals surface area contributed by atoms with Crippen LogP contribution in [0.1, 0.15) is 0 Å². The van der Waals surface area contributed by atoms with Crippen LogP contribution in [0.3, 0.4) is 0 Å². The quantitative estimate of drug-likeness (QED) is 0.642. The van der Waals surface area contributed by atoms with Crippen LogP contribution in [0.5, 0.6) is 0 Å². The molecular formula is C20H14N2O6-2. The Kier molecular flexibility index (Phi) is 6.81. The van der Waals surface area contributed by atoms with Crippen LogP contribution in [0.25, 0.3) is 11.1 Å². The third-order valence-corrected chi connectivity index (χ3v) is 3.40. The second-order valence-corrected chi connectivity index (χ2v) is 5.37. The van der Waals surface area contributed by atoms with Crippen molar-refractivity contribution in [3.63, 3.8) is 0 Å². The molecule has 0 fully saturated rings. The highest BCUT2D eigenvalue weighted by Gasteiger charge is 2.11. The van der Waals surface area contributed by atoms with Crippen molar-refractivity contribution >= 4 is 35.1 Å². The van der Waals surface area contributed by atoms with E-state index in [4.69, 9.17) is 0 Å². The normalized spacial score (nSPS) is 10.7. The number of carbonyl (C=O) groups excluding carboxylic acids is 4. The molecule has 0 aliphatic carbocycles. The van der Waals surface area contributed by atoms with Gasteiger partial charge in [-0.2, -0.15) is 0 Å². The zero-order chi connectivity index (χ0) is 20.5. The number of hydrogen-bond donors (Lipinski definition) is 2. The number of rotatable bonds is 7. The fraction of sp³-hybridized carbons (Fsp3) is 0. The lowest BCUT2D eigenvalue weighted by Crippen LogP contribution is -2.20. The highest BCUT2D eigenvalue weighted by Crippen LogP contribution is 2.33. The first-order valence-corrected chi connectivity index (χ1v) is 7.95. The third-order valence-electron chi connectivity index (χ3n) is 3.40. The van der Waals surface area contributed by atoms with E-state index in [2.05, 4.69) is 10.6 Å². The highest BCUT2D eigenvalue weighted by molar-refractivity contribution is 6.07. The minimum Gasteiger partial charge on any atom is -0.545 e. The van der Waals surface area contributed by atoms with E-state index in [1.807, 2.05) is 0 Å². The van der Waals surface area contributed by atoms with Crippen LogP contribution >= 0.6 is 0 Å². The molecule has 0 atom stereocenters. The van der Waals surface area contributed by atoms with E-state index < -0.39 is 23.8 Å². The molecule has 0 saturated carbocycles. The monoisotopic (exact) mass is 378 g/mol. The number of hydrogen-bond acceptors (Lipinski definition) is 6. The van der Waals surface area contributed by atoms with Crippen LogP contribution in [-0.2, 0) is 19.2 Å². The summed E-state index contributed by atoms with van der Waals surface area (Å²) in [6.45, 7) is 0. The Morgan fingerprint density at radius 1 is 0.607 bits per heavy atom. The molecule has 0 spiro atoms. The van der Waals surface area contributed by atoms with Gasteiger partial charge in [-0.15, -0.1) is 0 Å². The van der Waals surface area contributed by atoms with Gasteiger partial charge in [0.15, 0.2) is 0 Å². The molecule has 0 unspecified atom stereocenters. The molecule has 0 heterocycles. The van der Waals surface area contributed by atoms with Gasteiger partial charge in [0.2, 0.25) is 11.8 Å². The van der Waals surface area contributed by atoms with Crippen molar-refractivity contribution in [1.82, 2.24) is 0 Å². The van der Waals surface area contributed by atoms with Gasteiger partial charge in [-0.05, 0) is 24.3 Å². The van der Waals surface area contributed by atoms with Gasteiger partial charge in [0, 0.05) is 34.7 Å². The second kappa shape index (κ2) is 9.48. The number of carboxylic acid groups (broad SMARTS) is 2. The molecule has 2 aromatic carbocycles. The minimum atomic E-state index is -1.50. The first kappa shape index (κ1) is 20.1. The van der Waals surface area contributed by atoms with Gasteiger partial charge >= 0.3 is 0 Å². The van der Waals surface area contributed by atoms with Gasteiger partial charge in [0.05, 0.1) is 11.9 Å². The molecule has 8 heteroatoms. The molecular weight excluding hydrogens is 364 g/mol. The van der Waals surface area contributed by atoms with E-state index >= 15 is 0 Å². The zero-order valence-corrected chi connectivity index (χ0v) is 14.4. The number of aliphatic carboxylic acids is 2. The standard InChI is InChI=1S/C20H16N2O6/c23-17(9-11-19(25)26)21-15-7-3-1-5-13(15)14-6-2-4-8-16(14)22-18(24)10-12-20(27)28/h1-12H,(H,21,23)(H,22,24)(H,25,26)(H,27,28)/p-2. The van der Waals surface area contributed by atoms with Crippen molar-refractivity contribution in [2.45, 2.75) is 0 Å². The molecule has 2 amide bonds. The van der Waals surface area contributed by atoms with Crippen LogP contribution < -0.4 is 20.8 Å². The van der Waals surface area contributed by atoms with Gasteiger partial charge in [-0.3, -0.25) is 9.59 Å². The maximum absolute atomic E-state index is 11.9. The summed E-state index contributed by atoms with van der Waals surface area (Å²) in [6, 6.07) is 13.4. The van der Waals surface area contributed by atoms with Crippen LogP contribution in [0.15, 0.2) is 72.8 Å². The number of anilines is 2. The SMILES string of the molecule is O=C([O-])C=CC(=O)Nc1ccccc1-c1ccccc1NC(=O)C=CC(=O)[O-]. The van der Waals surface area contributed by atoms with E-state index in [1.165, 1.54) is 0 Å². The van der Waals surface area contributed by atoms with Crippen molar-refractivity contribution in [1.29, 1.82) is 0 Å². The average molecular weight is 378 g/mol. The Balaban J connectivity index is 2.33. The average Bonchev–Trinajstić information content (AvgIpc) is 2.66. The summed E-state index contributed by atoms with van der Waals surface area (Å²) in [4.78, 5) is 44.6. The van der Waals surface area contributed by atoms with E-state index in [0.717, 1.165) is 12.2 Å². The molecule has 2 aromatic rings. The second-order valence-electron chi connectivity index (χ2n) is 5.37. The predicted molar refractivity (Wildman–Crippen MR) is 97.4 cm³/mol. The fourth-order valence-electron chi connectivity index (χ4n) is 2.29. The van der Waals surface area contributed by atoms with Crippen molar-refractivity contribution < 1.29 is 29.4 Å². The minimum absolute atomic E-state index is 0.377. The number of carbonyl (C=O) groups is 4. The van der Waals surface area contributed by atoms with Crippen LogP contribution in [0.4, 0.5) is 11.4 Å². The third kappa shape index (κ3) is 5.95. The fourth-order valence-corrected chi connectivity index (χ4v) is 2.29. The molecule has 8 nitrogen and oxygen atoms in total. The molecule has 142 valence electrons. The van der Waals surface area contributed by atoms with Gasteiger partial charge in [0.25, 0.3) is 0 Å². The molecule has 0 radical (unpaired) electrons. The summed E-state index contributed by atoms with van der Waals surface area (Å²) in [5.74, 6) is -4.34. The van der Waals surface area contributed by atoms with E-state index in [0.29, 0.717) is 34.7 Å². The maximum atomic E-state index is 11.9. The molecule has 2 rings (SSSR count). The molecule has 0 aromatic heterocycles. The van der Waals surface area contributed by atoms with Crippen LogP contribution in [0, 0.1) is 0 Å². The Morgan fingerprint density at radius 2 is 0.964 bits per heavy atom. The Hall–Kier alpha value is -4.20. The summed E-state index contributed by atoms with van der Waals surface area (Å²) in [5.41, 5.74) is 1.86. The number of carboxylic acids is 2. The summed E-state index contributed by atoms with van der Waals surface area (Å²) in [7, 11) is 0. The van der Waals surface area contributed by atoms with Gasteiger partial charge < -0.3 is 30.4 Å². The van der Waals surface area contributed by atoms with Crippen LogP contribution in [-0.4, -0.2) is 23.8 Å². The summed E-state index contributed by atoms with van der Waals surface area (Å²) >= 11 is 0. The Morgan fingerprint density at radius 3 is 1.32 bits per heavy atom. The molecule has 0 aliphatic heterocycles. The largest absolute Gasteiger partial charge is 0.545 e. The van der Waals surface area contributed by atoms with Gasteiger partial charge in [0.1, 0.15) is 0 Å².